The third-order valence-corrected chi connectivity index (χ3v) is 2.63. The van der Waals surface area contributed by atoms with Gasteiger partial charge in [0.05, 0.1) is 18.1 Å². The molecular formula is C9H18O4. The third-order valence-electron chi connectivity index (χ3n) is 2.63. The molecule has 78 valence electrons. The standard InChI is InChI=1S/C9H18O4/c1-6(2)9(3,8(12)13)4-7(11)5-10/h6-7,10-11H,4-5H2,1-3H3,(H,12,13). The second kappa shape index (κ2) is 4.58. The van der Waals surface area contributed by atoms with E-state index in [1.807, 2.05) is 0 Å². The second-order valence-electron chi connectivity index (χ2n) is 3.92. The molecule has 0 aromatic rings. The highest BCUT2D eigenvalue weighted by Crippen LogP contribution is 2.32. The van der Waals surface area contributed by atoms with E-state index in [1.165, 1.54) is 0 Å². The van der Waals surface area contributed by atoms with Crippen molar-refractivity contribution < 1.29 is 20.1 Å². The molecule has 0 aliphatic carbocycles. The molecular weight excluding hydrogens is 172 g/mol. The fourth-order valence-electron chi connectivity index (χ4n) is 1.12. The highest BCUT2D eigenvalue weighted by atomic mass is 16.4. The second-order valence-corrected chi connectivity index (χ2v) is 3.92. The first-order valence-electron chi connectivity index (χ1n) is 4.37. The highest BCUT2D eigenvalue weighted by Gasteiger charge is 2.38. The Hall–Kier alpha value is -0.610. The Morgan fingerprint density at radius 1 is 1.46 bits per heavy atom. The maximum absolute atomic E-state index is 10.9. The summed E-state index contributed by atoms with van der Waals surface area (Å²) < 4.78 is 0. The Balaban J connectivity index is 4.51. The van der Waals surface area contributed by atoms with Crippen molar-refractivity contribution in [2.45, 2.75) is 33.3 Å². The van der Waals surface area contributed by atoms with Crippen molar-refractivity contribution in [3.05, 3.63) is 0 Å². The van der Waals surface area contributed by atoms with E-state index in [1.54, 1.807) is 20.8 Å². The fraction of sp³-hybridized carbons (Fsp3) is 0.889. The Labute approximate surface area is 78.2 Å². The third kappa shape index (κ3) is 2.97. The molecule has 0 bridgehead atoms. The minimum Gasteiger partial charge on any atom is -0.481 e. The minimum atomic E-state index is -0.970. The van der Waals surface area contributed by atoms with Crippen LogP contribution in [0.4, 0.5) is 0 Å². The molecule has 3 N–H and O–H groups in total. The fourth-order valence-corrected chi connectivity index (χ4v) is 1.12. The van der Waals surface area contributed by atoms with Crippen LogP contribution < -0.4 is 0 Å². The van der Waals surface area contributed by atoms with Crippen molar-refractivity contribution >= 4 is 5.97 Å². The molecule has 0 aliphatic heterocycles. The molecule has 4 nitrogen and oxygen atoms in total. The number of hydrogen-bond donors (Lipinski definition) is 3. The van der Waals surface area contributed by atoms with Crippen LogP contribution in [0.15, 0.2) is 0 Å². The first-order chi connectivity index (χ1) is 5.84. The van der Waals surface area contributed by atoms with Gasteiger partial charge in [-0.25, -0.2) is 0 Å². The lowest BCUT2D eigenvalue weighted by Gasteiger charge is -2.30. The van der Waals surface area contributed by atoms with E-state index in [0.29, 0.717) is 0 Å². The van der Waals surface area contributed by atoms with Crippen molar-refractivity contribution in [3.8, 4) is 0 Å². The molecule has 0 aromatic heterocycles. The molecule has 0 radical (unpaired) electrons. The average Bonchev–Trinajstić information content (AvgIpc) is 2.03. The smallest absolute Gasteiger partial charge is 0.309 e. The maximum atomic E-state index is 10.9. The largest absolute Gasteiger partial charge is 0.481 e. The number of hydrogen-bond acceptors (Lipinski definition) is 3. The predicted molar refractivity (Wildman–Crippen MR) is 48.3 cm³/mol. The highest BCUT2D eigenvalue weighted by molar-refractivity contribution is 5.74. The van der Waals surface area contributed by atoms with Crippen molar-refractivity contribution in [1.29, 1.82) is 0 Å². The first-order valence-corrected chi connectivity index (χ1v) is 4.37. The number of aliphatic carboxylic acids is 1. The van der Waals surface area contributed by atoms with Crippen LogP contribution in [0.25, 0.3) is 0 Å². The van der Waals surface area contributed by atoms with Gasteiger partial charge in [0.25, 0.3) is 0 Å². The molecule has 0 aliphatic rings. The van der Waals surface area contributed by atoms with E-state index in [4.69, 9.17) is 10.2 Å². The van der Waals surface area contributed by atoms with E-state index in [-0.39, 0.29) is 12.3 Å². The van der Waals surface area contributed by atoms with Crippen LogP contribution in [0, 0.1) is 11.3 Å². The van der Waals surface area contributed by atoms with Gasteiger partial charge in [-0.2, -0.15) is 0 Å². The van der Waals surface area contributed by atoms with E-state index >= 15 is 0 Å². The van der Waals surface area contributed by atoms with Crippen molar-refractivity contribution in [2.75, 3.05) is 6.61 Å². The molecule has 0 spiro atoms. The number of aliphatic hydroxyl groups is 2. The normalized spacial score (nSPS) is 18.3. The summed E-state index contributed by atoms with van der Waals surface area (Å²) in [6, 6.07) is 0. The summed E-state index contributed by atoms with van der Waals surface area (Å²) in [6.07, 6.45) is -0.875. The van der Waals surface area contributed by atoms with Gasteiger partial charge in [0, 0.05) is 0 Å². The summed E-state index contributed by atoms with van der Waals surface area (Å²) in [6.45, 7) is 4.77. The molecule has 0 fully saturated rings. The van der Waals surface area contributed by atoms with Gasteiger partial charge in [-0.1, -0.05) is 13.8 Å². The van der Waals surface area contributed by atoms with Crippen LogP contribution in [0.5, 0.6) is 0 Å². The number of carboxylic acids is 1. The van der Waals surface area contributed by atoms with Gasteiger partial charge >= 0.3 is 5.97 Å². The molecule has 0 saturated heterocycles. The maximum Gasteiger partial charge on any atom is 0.309 e. The van der Waals surface area contributed by atoms with Crippen molar-refractivity contribution in [3.63, 3.8) is 0 Å². The molecule has 0 saturated carbocycles. The number of rotatable bonds is 5. The first kappa shape index (κ1) is 12.4. The lowest BCUT2D eigenvalue weighted by molar-refractivity contribution is -0.153. The summed E-state index contributed by atoms with van der Waals surface area (Å²) in [5, 5.41) is 26.8. The molecule has 13 heavy (non-hydrogen) atoms. The zero-order valence-corrected chi connectivity index (χ0v) is 8.32. The number of carboxylic acid groups (broad SMARTS) is 1. The SMILES string of the molecule is CC(C)C(C)(CC(O)CO)C(=O)O. The van der Waals surface area contributed by atoms with Gasteiger partial charge in [-0.05, 0) is 19.3 Å². The Bertz CT molecular complexity index is 178. The molecule has 2 unspecified atom stereocenters. The van der Waals surface area contributed by atoms with E-state index in [9.17, 15) is 9.90 Å². The van der Waals surface area contributed by atoms with Crippen LogP contribution in [-0.2, 0) is 4.79 Å². The molecule has 0 aromatic carbocycles. The number of aliphatic hydroxyl groups excluding tert-OH is 2. The lowest BCUT2D eigenvalue weighted by atomic mass is 9.75. The van der Waals surface area contributed by atoms with Crippen LogP contribution in [-0.4, -0.2) is 34.0 Å². The van der Waals surface area contributed by atoms with E-state index in [2.05, 4.69) is 0 Å². The number of carbonyl (C=O) groups is 1. The monoisotopic (exact) mass is 190 g/mol. The average molecular weight is 190 g/mol. The molecule has 2 atom stereocenters. The van der Waals surface area contributed by atoms with Crippen molar-refractivity contribution in [1.82, 2.24) is 0 Å². The molecule has 0 amide bonds. The summed E-state index contributed by atoms with van der Waals surface area (Å²) >= 11 is 0. The predicted octanol–water partition coefficient (Wildman–Crippen LogP) is 0.477. The van der Waals surface area contributed by atoms with Crippen LogP contribution in [0.2, 0.25) is 0 Å². The van der Waals surface area contributed by atoms with E-state index < -0.39 is 24.1 Å². The quantitative estimate of drug-likeness (QED) is 0.589. The summed E-state index contributed by atoms with van der Waals surface area (Å²) in [7, 11) is 0. The van der Waals surface area contributed by atoms with E-state index in [0.717, 1.165) is 0 Å². The molecule has 0 rings (SSSR count). The summed E-state index contributed by atoms with van der Waals surface area (Å²) in [5.74, 6) is -1.01. The van der Waals surface area contributed by atoms with Crippen LogP contribution >= 0.6 is 0 Å². The lowest BCUT2D eigenvalue weighted by Crippen LogP contribution is -2.37. The van der Waals surface area contributed by atoms with Gasteiger partial charge in [0.1, 0.15) is 0 Å². The Morgan fingerprint density at radius 3 is 2.15 bits per heavy atom. The van der Waals surface area contributed by atoms with Crippen LogP contribution in [0.1, 0.15) is 27.2 Å². The summed E-state index contributed by atoms with van der Waals surface area (Å²) in [4.78, 5) is 10.9. The minimum absolute atomic E-state index is 0.0776. The topological polar surface area (TPSA) is 77.8 Å². The van der Waals surface area contributed by atoms with Gasteiger partial charge in [-0.15, -0.1) is 0 Å². The van der Waals surface area contributed by atoms with Gasteiger partial charge < -0.3 is 15.3 Å². The molecule has 4 heteroatoms. The van der Waals surface area contributed by atoms with Gasteiger partial charge in [0.2, 0.25) is 0 Å². The van der Waals surface area contributed by atoms with Gasteiger partial charge in [0.15, 0.2) is 0 Å². The Kier molecular flexibility index (Phi) is 4.36. The van der Waals surface area contributed by atoms with Gasteiger partial charge in [-0.3, -0.25) is 4.79 Å². The van der Waals surface area contributed by atoms with Crippen LogP contribution in [0.3, 0.4) is 0 Å². The molecule has 0 heterocycles. The Morgan fingerprint density at radius 2 is 1.92 bits per heavy atom. The summed E-state index contributed by atoms with van der Waals surface area (Å²) in [5.41, 5.74) is -0.970. The zero-order valence-electron chi connectivity index (χ0n) is 8.32. The zero-order chi connectivity index (χ0) is 10.6. The van der Waals surface area contributed by atoms with Crippen molar-refractivity contribution in [2.24, 2.45) is 11.3 Å².